The monoisotopic (exact) mass is 206 g/mol. The minimum absolute atomic E-state index is 0.0612. The van der Waals surface area contributed by atoms with Gasteiger partial charge in [0.25, 0.3) is 0 Å². The maximum absolute atomic E-state index is 10.9. The van der Waals surface area contributed by atoms with Crippen molar-refractivity contribution in [3.05, 3.63) is 23.0 Å². The average Bonchev–Trinajstić information content (AvgIpc) is 2.39. The second-order valence-electron chi connectivity index (χ2n) is 4.07. The van der Waals surface area contributed by atoms with Crippen LogP contribution < -0.4 is 0 Å². The molecule has 0 saturated heterocycles. The second-order valence-corrected chi connectivity index (χ2v) is 4.07. The lowest BCUT2D eigenvalue weighted by Gasteiger charge is -2.07. The third-order valence-electron chi connectivity index (χ3n) is 2.35. The van der Waals surface area contributed by atoms with E-state index < -0.39 is 0 Å². The fourth-order valence-corrected chi connectivity index (χ4v) is 1.62. The third-order valence-corrected chi connectivity index (χ3v) is 2.35. The summed E-state index contributed by atoms with van der Waals surface area (Å²) in [6, 6.07) is 0.350. The molecule has 1 aromatic rings. The highest BCUT2D eigenvalue weighted by atomic mass is 16.1. The average molecular weight is 206 g/mol. The first kappa shape index (κ1) is 11.7. The molecule has 0 fully saturated rings. The van der Waals surface area contributed by atoms with Crippen molar-refractivity contribution in [2.45, 2.75) is 40.7 Å². The van der Waals surface area contributed by atoms with Gasteiger partial charge < -0.3 is 0 Å². The third kappa shape index (κ3) is 2.55. The van der Waals surface area contributed by atoms with E-state index in [1.807, 2.05) is 24.6 Å². The van der Waals surface area contributed by atoms with Crippen molar-refractivity contribution in [3.63, 3.8) is 0 Å². The van der Waals surface area contributed by atoms with Crippen molar-refractivity contribution < 1.29 is 4.79 Å². The number of hydrogen-bond acceptors (Lipinski definition) is 2. The predicted octanol–water partition coefficient (Wildman–Crippen LogP) is 2.68. The summed E-state index contributed by atoms with van der Waals surface area (Å²) in [4.78, 5) is 10.9. The Morgan fingerprint density at radius 3 is 2.40 bits per heavy atom. The zero-order valence-electron chi connectivity index (χ0n) is 10.0. The highest BCUT2D eigenvalue weighted by molar-refractivity contribution is 5.91. The number of nitrogens with zero attached hydrogens (tertiary/aromatic N) is 2. The smallest absolute Gasteiger partial charge is 0.152 e. The van der Waals surface area contributed by atoms with E-state index in [0.29, 0.717) is 6.04 Å². The van der Waals surface area contributed by atoms with E-state index in [-0.39, 0.29) is 5.78 Å². The molecule has 1 aromatic heterocycles. The van der Waals surface area contributed by atoms with Gasteiger partial charge in [-0.15, -0.1) is 0 Å². The molecule has 0 bridgehead atoms. The molecular formula is C12H18N2O. The molecule has 82 valence electrons. The van der Waals surface area contributed by atoms with Crippen LogP contribution in [-0.2, 0) is 4.79 Å². The van der Waals surface area contributed by atoms with E-state index in [0.717, 1.165) is 17.0 Å². The van der Waals surface area contributed by atoms with Crippen molar-refractivity contribution in [2.24, 2.45) is 0 Å². The Morgan fingerprint density at radius 1 is 1.40 bits per heavy atom. The van der Waals surface area contributed by atoms with Gasteiger partial charge >= 0.3 is 0 Å². The van der Waals surface area contributed by atoms with Crippen LogP contribution in [0.15, 0.2) is 6.08 Å². The highest BCUT2D eigenvalue weighted by Gasteiger charge is 2.10. The summed E-state index contributed by atoms with van der Waals surface area (Å²) in [6.45, 7) is 9.73. The van der Waals surface area contributed by atoms with E-state index in [2.05, 4.69) is 18.9 Å². The molecule has 0 N–H and O–H groups in total. The number of ketones is 1. The van der Waals surface area contributed by atoms with Crippen LogP contribution in [0.3, 0.4) is 0 Å². The molecule has 1 rings (SSSR count). The van der Waals surface area contributed by atoms with E-state index in [4.69, 9.17) is 0 Å². The topological polar surface area (TPSA) is 34.9 Å². The SMILES string of the molecule is CC(=O)/C=C/c1c(C)nn(C(C)C)c1C. The van der Waals surface area contributed by atoms with Crippen molar-refractivity contribution in [3.8, 4) is 0 Å². The van der Waals surface area contributed by atoms with E-state index in [1.54, 1.807) is 13.0 Å². The van der Waals surface area contributed by atoms with Crippen LogP contribution in [0.4, 0.5) is 0 Å². The molecule has 0 spiro atoms. The molecule has 3 nitrogen and oxygen atoms in total. The van der Waals surface area contributed by atoms with E-state index in [1.165, 1.54) is 0 Å². The molecule has 0 atom stereocenters. The van der Waals surface area contributed by atoms with Gasteiger partial charge in [0.15, 0.2) is 5.78 Å². The molecule has 0 aliphatic heterocycles. The summed E-state index contributed by atoms with van der Waals surface area (Å²) in [6.07, 6.45) is 3.43. The normalized spacial score (nSPS) is 11.6. The van der Waals surface area contributed by atoms with Gasteiger partial charge in [0.05, 0.1) is 5.69 Å². The van der Waals surface area contributed by atoms with Crippen molar-refractivity contribution >= 4 is 11.9 Å². The van der Waals surface area contributed by atoms with Crippen LogP contribution in [0.1, 0.15) is 43.8 Å². The lowest BCUT2D eigenvalue weighted by molar-refractivity contribution is -0.112. The first-order valence-corrected chi connectivity index (χ1v) is 5.17. The van der Waals surface area contributed by atoms with Crippen molar-refractivity contribution in [1.82, 2.24) is 9.78 Å². The molecule has 0 aliphatic rings. The number of carbonyl (C=O) groups excluding carboxylic acids is 1. The summed E-state index contributed by atoms with van der Waals surface area (Å²) in [7, 11) is 0. The molecule has 0 aliphatic carbocycles. The zero-order chi connectivity index (χ0) is 11.6. The Balaban J connectivity index is 3.14. The number of hydrogen-bond donors (Lipinski definition) is 0. The van der Waals surface area contributed by atoms with Gasteiger partial charge in [-0.1, -0.05) is 0 Å². The number of allylic oxidation sites excluding steroid dienone is 1. The molecule has 0 radical (unpaired) electrons. The van der Waals surface area contributed by atoms with Gasteiger partial charge in [-0.2, -0.15) is 5.10 Å². The molecule has 3 heteroatoms. The van der Waals surface area contributed by atoms with Crippen LogP contribution in [0.25, 0.3) is 6.08 Å². The predicted molar refractivity (Wildman–Crippen MR) is 61.8 cm³/mol. The maximum Gasteiger partial charge on any atom is 0.152 e. The molecule has 0 saturated carbocycles. The number of carbonyl (C=O) groups is 1. The quantitative estimate of drug-likeness (QED) is 0.713. The van der Waals surface area contributed by atoms with E-state index >= 15 is 0 Å². The summed E-state index contributed by atoms with van der Waals surface area (Å²) in [5.74, 6) is 0.0612. The van der Waals surface area contributed by atoms with E-state index in [9.17, 15) is 4.79 Å². The Hall–Kier alpha value is -1.38. The Kier molecular flexibility index (Phi) is 3.45. The first-order valence-electron chi connectivity index (χ1n) is 5.17. The minimum Gasteiger partial charge on any atom is -0.295 e. The number of aryl methyl sites for hydroxylation is 1. The standard InChI is InChI=1S/C12H18N2O/c1-8(2)14-11(5)12(10(4)13-14)7-6-9(3)15/h6-8H,1-5H3/b7-6+. The largest absolute Gasteiger partial charge is 0.295 e. The fraction of sp³-hybridized carbons (Fsp3) is 0.500. The Labute approximate surface area is 90.8 Å². The van der Waals surface area contributed by atoms with Crippen LogP contribution in [0, 0.1) is 13.8 Å². The van der Waals surface area contributed by atoms with Crippen LogP contribution in [0.5, 0.6) is 0 Å². The molecule has 0 amide bonds. The minimum atomic E-state index is 0.0612. The van der Waals surface area contributed by atoms with Crippen LogP contribution in [0.2, 0.25) is 0 Å². The Morgan fingerprint density at radius 2 is 2.00 bits per heavy atom. The van der Waals surface area contributed by atoms with Crippen molar-refractivity contribution in [1.29, 1.82) is 0 Å². The molecular weight excluding hydrogens is 188 g/mol. The summed E-state index contributed by atoms with van der Waals surface area (Å²) < 4.78 is 1.98. The molecule has 15 heavy (non-hydrogen) atoms. The van der Waals surface area contributed by atoms with Gasteiger partial charge in [-0.25, -0.2) is 0 Å². The van der Waals surface area contributed by atoms with Gasteiger partial charge in [-0.05, 0) is 46.8 Å². The Bertz CT molecular complexity index is 400. The van der Waals surface area contributed by atoms with Gasteiger partial charge in [-0.3, -0.25) is 9.48 Å². The van der Waals surface area contributed by atoms with Crippen LogP contribution >= 0.6 is 0 Å². The molecule has 1 heterocycles. The van der Waals surface area contributed by atoms with Gasteiger partial charge in [0.1, 0.15) is 0 Å². The molecule has 0 unspecified atom stereocenters. The van der Waals surface area contributed by atoms with Crippen LogP contribution in [-0.4, -0.2) is 15.6 Å². The highest BCUT2D eigenvalue weighted by Crippen LogP contribution is 2.18. The first-order chi connectivity index (χ1) is 6.93. The lowest BCUT2D eigenvalue weighted by Crippen LogP contribution is -2.04. The van der Waals surface area contributed by atoms with Gasteiger partial charge in [0, 0.05) is 17.3 Å². The number of aromatic nitrogens is 2. The summed E-state index contributed by atoms with van der Waals surface area (Å²) in [5.41, 5.74) is 3.14. The van der Waals surface area contributed by atoms with Gasteiger partial charge in [0.2, 0.25) is 0 Å². The molecule has 0 aromatic carbocycles. The summed E-state index contributed by atoms with van der Waals surface area (Å²) in [5, 5.41) is 4.44. The summed E-state index contributed by atoms with van der Waals surface area (Å²) >= 11 is 0. The number of rotatable bonds is 3. The second kappa shape index (κ2) is 4.43. The maximum atomic E-state index is 10.9. The zero-order valence-corrected chi connectivity index (χ0v) is 10.0. The lowest BCUT2D eigenvalue weighted by atomic mass is 10.1. The van der Waals surface area contributed by atoms with Crippen molar-refractivity contribution in [2.75, 3.05) is 0 Å². The fourth-order valence-electron chi connectivity index (χ4n) is 1.62.